The molecule has 102 valence electrons. The normalized spacial score (nSPS) is 14.3. The summed E-state index contributed by atoms with van der Waals surface area (Å²) in [6, 6.07) is 4.00. The molecule has 0 saturated carbocycles. The second kappa shape index (κ2) is 6.21. The average Bonchev–Trinajstić information content (AvgIpc) is 2.31. The minimum absolute atomic E-state index is 0.563. The van der Waals surface area contributed by atoms with E-state index in [1.165, 1.54) is 0 Å². The maximum Gasteiger partial charge on any atom is 0.122 e. The number of benzene rings is 1. The van der Waals surface area contributed by atoms with Gasteiger partial charge in [-0.1, -0.05) is 6.92 Å². The van der Waals surface area contributed by atoms with Crippen LogP contribution in [-0.4, -0.2) is 25.3 Å². The number of rotatable bonds is 6. The summed E-state index contributed by atoms with van der Waals surface area (Å²) in [5.41, 5.74) is 2.22. The highest BCUT2D eigenvalue weighted by atomic mass is 16.5. The van der Waals surface area contributed by atoms with Gasteiger partial charge in [-0.2, -0.15) is 0 Å². The first-order valence-electron chi connectivity index (χ1n) is 6.51. The second-order valence-electron chi connectivity index (χ2n) is 5.09. The van der Waals surface area contributed by atoms with Crippen molar-refractivity contribution in [1.29, 1.82) is 0 Å². The smallest absolute Gasteiger partial charge is 0.122 e. The van der Waals surface area contributed by atoms with Crippen molar-refractivity contribution in [2.75, 3.05) is 20.2 Å². The summed E-state index contributed by atoms with van der Waals surface area (Å²) in [7, 11) is 1.67. The molecule has 0 radical (unpaired) electrons. The van der Waals surface area contributed by atoms with E-state index in [1.54, 1.807) is 7.11 Å². The molecule has 1 atom stereocenters. The molecule has 1 aromatic rings. The van der Waals surface area contributed by atoms with Gasteiger partial charge in [-0.3, -0.25) is 0 Å². The molecular formula is C15H25NO2. The number of aryl methyl sites for hydroxylation is 2. The van der Waals surface area contributed by atoms with E-state index < -0.39 is 5.60 Å². The first kappa shape index (κ1) is 15.0. The van der Waals surface area contributed by atoms with Crippen molar-refractivity contribution in [3.63, 3.8) is 0 Å². The highest BCUT2D eigenvalue weighted by molar-refractivity contribution is 5.43. The zero-order valence-corrected chi connectivity index (χ0v) is 12.1. The van der Waals surface area contributed by atoms with Gasteiger partial charge in [0.2, 0.25) is 0 Å². The van der Waals surface area contributed by atoms with E-state index in [0.29, 0.717) is 6.54 Å². The molecule has 0 aliphatic heterocycles. The Bertz CT molecular complexity index is 400. The highest BCUT2D eigenvalue weighted by Gasteiger charge is 2.25. The zero-order valence-electron chi connectivity index (χ0n) is 12.1. The van der Waals surface area contributed by atoms with Gasteiger partial charge in [0.25, 0.3) is 0 Å². The van der Waals surface area contributed by atoms with Crippen LogP contribution in [0.1, 0.15) is 37.0 Å². The lowest BCUT2D eigenvalue weighted by Gasteiger charge is -2.27. The second-order valence-corrected chi connectivity index (χ2v) is 5.09. The van der Waals surface area contributed by atoms with Crippen LogP contribution in [0.3, 0.4) is 0 Å². The summed E-state index contributed by atoms with van der Waals surface area (Å²) in [4.78, 5) is 0. The predicted octanol–water partition coefficient (Wildman–Crippen LogP) is 2.52. The van der Waals surface area contributed by atoms with E-state index in [0.717, 1.165) is 35.4 Å². The standard InChI is InChI=1S/C15H25NO2/c1-6-7-16-10-15(4,17)13-8-12(3)14(18-5)9-11(13)2/h8-9,16-17H,6-7,10H2,1-5H3. The Morgan fingerprint density at radius 2 is 1.94 bits per heavy atom. The molecule has 0 saturated heterocycles. The van der Waals surface area contributed by atoms with Gasteiger partial charge in [0, 0.05) is 6.54 Å². The largest absolute Gasteiger partial charge is 0.496 e. The van der Waals surface area contributed by atoms with Crippen molar-refractivity contribution >= 4 is 0 Å². The molecule has 1 unspecified atom stereocenters. The molecular weight excluding hydrogens is 226 g/mol. The lowest BCUT2D eigenvalue weighted by molar-refractivity contribution is 0.0565. The molecule has 0 aromatic heterocycles. The fourth-order valence-corrected chi connectivity index (χ4v) is 2.19. The monoisotopic (exact) mass is 251 g/mol. The van der Waals surface area contributed by atoms with Gasteiger partial charge in [-0.25, -0.2) is 0 Å². The topological polar surface area (TPSA) is 41.5 Å². The van der Waals surface area contributed by atoms with Crippen molar-refractivity contribution in [2.24, 2.45) is 0 Å². The Kier molecular flexibility index (Phi) is 5.17. The third kappa shape index (κ3) is 3.47. The van der Waals surface area contributed by atoms with E-state index in [1.807, 2.05) is 32.9 Å². The summed E-state index contributed by atoms with van der Waals surface area (Å²) >= 11 is 0. The summed E-state index contributed by atoms with van der Waals surface area (Å²) in [6.45, 7) is 9.45. The van der Waals surface area contributed by atoms with Crippen LogP contribution in [0, 0.1) is 13.8 Å². The molecule has 3 heteroatoms. The van der Waals surface area contributed by atoms with Crippen LogP contribution in [0.4, 0.5) is 0 Å². The first-order chi connectivity index (χ1) is 8.42. The molecule has 0 spiro atoms. The Balaban J connectivity index is 2.97. The van der Waals surface area contributed by atoms with E-state index in [2.05, 4.69) is 12.2 Å². The van der Waals surface area contributed by atoms with Gasteiger partial charge in [0.1, 0.15) is 5.75 Å². The number of methoxy groups -OCH3 is 1. The van der Waals surface area contributed by atoms with Gasteiger partial charge >= 0.3 is 0 Å². The SMILES string of the molecule is CCCNCC(C)(O)c1cc(C)c(OC)cc1C. The van der Waals surface area contributed by atoms with Gasteiger partial charge in [0.15, 0.2) is 0 Å². The summed E-state index contributed by atoms with van der Waals surface area (Å²) < 4.78 is 5.29. The van der Waals surface area contributed by atoms with Crippen molar-refractivity contribution in [3.8, 4) is 5.75 Å². The van der Waals surface area contributed by atoms with E-state index in [-0.39, 0.29) is 0 Å². The van der Waals surface area contributed by atoms with Crippen LogP contribution in [-0.2, 0) is 5.60 Å². The molecule has 18 heavy (non-hydrogen) atoms. The molecule has 3 nitrogen and oxygen atoms in total. The Morgan fingerprint density at radius 1 is 1.28 bits per heavy atom. The molecule has 0 aliphatic rings. The van der Waals surface area contributed by atoms with Crippen LogP contribution in [0.25, 0.3) is 0 Å². The summed E-state index contributed by atoms with van der Waals surface area (Å²) in [5.74, 6) is 0.869. The average molecular weight is 251 g/mol. The van der Waals surface area contributed by atoms with Crippen LogP contribution < -0.4 is 10.1 Å². The van der Waals surface area contributed by atoms with Crippen LogP contribution >= 0.6 is 0 Å². The molecule has 0 aliphatic carbocycles. The van der Waals surface area contributed by atoms with Crippen molar-refractivity contribution in [3.05, 3.63) is 28.8 Å². The number of aliphatic hydroxyl groups is 1. The zero-order chi connectivity index (χ0) is 13.8. The maximum absolute atomic E-state index is 10.6. The van der Waals surface area contributed by atoms with Crippen molar-refractivity contribution < 1.29 is 9.84 Å². The quantitative estimate of drug-likeness (QED) is 0.763. The van der Waals surface area contributed by atoms with Gasteiger partial charge < -0.3 is 15.2 Å². The number of hydrogen-bond donors (Lipinski definition) is 2. The molecule has 0 amide bonds. The molecule has 2 N–H and O–H groups in total. The molecule has 0 bridgehead atoms. The fourth-order valence-electron chi connectivity index (χ4n) is 2.19. The summed E-state index contributed by atoms with van der Waals surface area (Å²) in [6.07, 6.45) is 1.07. The fraction of sp³-hybridized carbons (Fsp3) is 0.600. The Morgan fingerprint density at radius 3 is 2.50 bits per heavy atom. The van der Waals surface area contributed by atoms with Crippen LogP contribution in [0.2, 0.25) is 0 Å². The van der Waals surface area contributed by atoms with E-state index >= 15 is 0 Å². The van der Waals surface area contributed by atoms with Crippen molar-refractivity contribution in [1.82, 2.24) is 5.32 Å². The molecule has 0 fully saturated rings. The molecule has 1 rings (SSSR count). The van der Waals surface area contributed by atoms with Gasteiger partial charge in [-0.15, -0.1) is 0 Å². The maximum atomic E-state index is 10.6. The minimum Gasteiger partial charge on any atom is -0.496 e. The van der Waals surface area contributed by atoms with E-state index in [9.17, 15) is 5.11 Å². The lowest BCUT2D eigenvalue weighted by atomic mass is 9.90. The Hall–Kier alpha value is -1.06. The number of nitrogens with one attached hydrogen (secondary N) is 1. The van der Waals surface area contributed by atoms with Gasteiger partial charge in [-0.05, 0) is 62.6 Å². The van der Waals surface area contributed by atoms with Crippen molar-refractivity contribution in [2.45, 2.75) is 39.7 Å². The van der Waals surface area contributed by atoms with E-state index in [4.69, 9.17) is 4.74 Å². The number of hydrogen-bond acceptors (Lipinski definition) is 3. The minimum atomic E-state index is -0.851. The first-order valence-corrected chi connectivity index (χ1v) is 6.51. The van der Waals surface area contributed by atoms with Gasteiger partial charge in [0.05, 0.1) is 12.7 Å². The molecule has 0 heterocycles. The third-order valence-electron chi connectivity index (χ3n) is 3.22. The summed E-state index contributed by atoms with van der Waals surface area (Å²) in [5, 5.41) is 13.8. The predicted molar refractivity (Wildman–Crippen MR) is 75.2 cm³/mol. The van der Waals surface area contributed by atoms with Crippen LogP contribution in [0.5, 0.6) is 5.75 Å². The lowest BCUT2D eigenvalue weighted by Crippen LogP contribution is -2.36. The highest BCUT2D eigenvalue weighted by Crippen LogP contribution is 2.29. The third-order valence-corrected chi connectivity index (χ3v) is 3.22. The number of ether oxygens (including phenoxy) is 1. The molecule has 1 aromatic carbocycles. The van der Waals surface area contributed by atoms with Crippen LogP contribution in [0.15, 0.2) is 12.1 Å². The Labute approximate surface area is 110 Å².